The van der Waals surface area contributed by atoms with Gasteiger partial charge in [-0.3, -0.25) is 16.0 Å². The van der Waals surface area contributed by atoms with Crippen molar-refractivity contribution in [2.75, 3.05) is 0 Å². The molecule has 1 heterocycles. The zero-order valence-electron chi connectivity index (χ0n) is 11.5. The van der Waals surface area contributed by atoms with Crippen LogP contribution in [0.2, 0.25) is 0 Å². The summed E-state index contributed by atoms with van der Waals surface area (Å²) in [5.41, 5.74) is 5.74. The highest BCUT2D eigenvalue weighted by molar-refractivity contribution is 9.10. The number of halogens is 2. The molecular formula is C14H18BrFN4. The molecule has 0 radical (unpaired) electrons. The lowest BCUT2D eigenvalue weighted by molar-refractivity contribution is 0.503. The zero-order chi connectivity index (χ0) is 14.7. The topological polar surface area (TPSA) is 55.9 Å². The second kappa shape index (κ2) is 6.47. The number of nitrogens with two attached hydrogens (primary N) is 1. The average Bonchev–Trinajstić information content (AvgIpc) is 2.64. The van der Waals surface area contributed by atoms with Gasteiger partial charge in [-0.05, 0) is 47.0 Å². The smallest absolute Gasteiger partial charge is 0.123 e. The first kappa shape index (κ1) is 15.2. The number of hydrogen-bond acceptors (Lipinski definition) is 3. The van der Waals surface area contributed by atoms with Crippen molar-refractivity contribution in [2.45, 2.75) is 25.8 Å². The first-order valence-electron chi connectivity index (χ1n) is 6.39. The summed E-state index contributed by atoms with van der Waals surface area (Å²) < 4.78 is 16.0. The van der Waals surface area contributed by atoms with Crippen LogP contribution in [0.1, 0.15) is 17.0 Å². The van der Waals surface area contributed by atoms with Crippen LogP contribution in [0, 0.1) is 12.7 Å². The molecule has 1 aromatic carbocycles. The minimum atomic E-state index is -0.226. The maximum Gasteiger partial charge on any atom is 0.123 e. The molecule has 108 valence electrons. The summed E-state index contributed by atoms with van der Waals surface area (Å²) in [6.45, 7) is 1.95. The number of aromatic nitrogens is 2. The number of hydrogen-bond donors (Lipinski definition) is 2. The van der Waals surface area contributed by atoms with E-state index >= 15 is 0 Å². The summed E-state index contributed by atoms with van der Waals surface area (Å²) >= 11 is 3.54. The van der Waals surface area contributed by atoms with Crippen molar-refractivity contribution in [1.29, 1.82) is 0 Å². The van der Waals surface area contributed by atoms with Crippen molar-refractivity contribution in [3.63, 3.8) is 0 Å². The van der Waals surface area contributed by atoms with Crippen molar-refractivity contribution in [1.82, 2.24) is 15.2 Å². The summed E-state index contributed by atoms with van der Waals surface area (Å²) in [6, 6.07) is 6.60. The number of nitrogens with one attached hydrogen (secondary N) is 1. The summed E-state index contributed by atoms with van der Waals surface area (Å²) in [5.74, 6) is 5.40. The lowest BCUT2D eigenvalue weighted by Crippen LogP contribution is -2.39. The van der Waals surface area contributed by atoms with Crippen LogP contribution in [-0.4, -0.2) is 15.8 Å². The van der Waals surface area contributed by atoms with Crippen LogP contribution in [0.4, 0.5) is 4.39 Å². The Morgan fingerprint density at radius 3 is 2.75 bits per heavy atom. The second-order valence-corrected chi connectivity index (χ2v) is 5.66. The molecule has 0 aliphatic heterocycles. The molecule has 2 rings (SSSR count). The molecule has 20 heavy (non-hydrogen) atoms. The Hall–Kier alpha value is -1.24. The summed E-state index contributed by atoms with van der Waals surface area (Å²) in [6.07, 6.45) is 1.37. The Labute approximate surface area is 126 Å². The minimum absolute atomic E-state index is 0.0166. The van der Waals surface area contributed by atoms with Gasteiger partial charge in [0, 0.05) is 19.5 Å². The number of nitrogens with zero attached hydrogens (tertiary/aromatic N) is 2. The standard InChI is InChI=1S/C14H18BrFN4/c1-9-14(15)13(20(2)19-9)8-12(18-17)7-10-4-3-5-11(16)6-10/h3-6,12,18H,7-8,17H2,1-2H3. The maximum absolute atomic E-state index is 13.2. The van der Waals surface area contributed by atoms with Crippen LogP contribution in [-0.2, 0) is 19.9 Å². The number of hydrazine groups is 1. The van der Waals surface area contributed by atoms with E-state index in [1.165, 1.54) is 12.1 Å². The SMILES string of the molecule is Cc1nn(C)c(CC(Cc2cccc(F)c2)NN)c1Br. The van der Waals surface area contributed by atoms with Gasteiger partial charge in [0.05, 0.1) is 15.9 Å². The third-order valence-electron chi connectivity index (χ3n) is 3.31. The van der Waals surface area contributed by atoms with Gasteiger partial charge in [0.1, 0.15) is 5.82 Å². The van der Waals surface area contributed by atoms with Gasteiger partial charge in [0.25, 0.3) is 0 Å². The predicted molar refractivity (Wildman–Crippen MR) is 80.6 cm³/mol. The second-order valence-electron chi connectivity index (χ2n) is 4.87. The van der Waals surface area contributed by atoms with Crippen molar-refractivity contribution < 1.29 is 4.39 Å². The van der Waals surface area contributed by atoms with Crippen molar-refractivity contribution in [3.8, 4) is 0 Å². The van der Waals surface area contributed by atoms with Crippen LogP contribution in [0.25, 0.3) is 0 Å². The highest BCUT2D eigenvalue weighted by atomic mass is 79.9. The highest BCUT2D eigenvalue weighted by Crippen LogP contribution is 2.22. The number of benzene rings is 1. The quantitative estimate of drug-likeness (QED) is 0.648. The van der Waals surface area contributed by atoms with E-state index in [9.17, 15) is 4.39 Å². The molecule has 0 saturated heterocycles. The van der Waals surface area contributed by atoms with Gasteiger partial charge in [-0.2, -0.15) is 5.10 Å². The molecule has 2 aromatic rings. The van der Waals surface area contributed by atoms with Crippen molar-refractivity contribution >= 4 is 15.9 Å². The summed E-state index contributed by atoms with van der Waals surface area (Å²) in [4.78, 5) is 0. The van der Waals surface area contributed by atoms with Crippen LogP contribution in [0.5, 0.6) is 0 Å². The summed E-state index contributed by atoms with van der Waals surface area (Å²) in [7, 11) is 1.91. The van der Waals surface area contributed by atoms with E-state index in [-0.39, 0.29) is 11.9 Å². The monoisotopic (exact) mass is 340 g/mol. The van der Waals surface area contributed by atoms with E-state index in [2.05, 4.69) is 26.5 Å². The highest BCUT2D eigenvalue weighted by Gasteiger charge is 2.16. The van der Waals surface area contributed by atoms with Gasteiger partial charge in [-0.15, -0.1) is 0 Å². The van der Waals surface area contributed by atoms with Gasteiger partial charge in [-0.25, -0.2) is 4.39 Å². The Morgan fingerprint density at radius 2 is 2.20 bits per heavy atom. The van der Waals surface area contributed by atoms with Crippen LogP contribution >= 0.6 is 15.9 Å². The molecule has 0 aliphatic rings. The maximum atomic E-state index is 13.2. The van der Waals surface area contributed by atoms with Gasteiger partial charge < -0.3 is 0 Å². The molecule has 6 heteroatoms. The Bertz CT molecular complexity index is 597. The third kappa shape index (κ3) is 3.45. The van der Waals surface area contributed by atoms with Crippen molar-refractivity contribution in [3.05, 3.63) is 51.5 Å². The van der Waals surface area contributed by atoms with Crippen LogP contribution < -0.4 is 11.3 Å². The lowest BCUT2D eigenvalue weighted by Gasteiger charge is -2.16. The molecule has 1 atom stereocenters. The molecule has 0 saturated carbocycles. The van der Waals surface area contributed by atoms with Gasteiger partial charge in [0.2, 0.25) is 0 Å². The number of rotatable bonds is 5. The largest absolute Gasteiger partial charge is 0.271 e. The van der Waals surface area contributed by atoms with Crippen LogP contribution in [0.15, 0.2) is 28.7 Å². The van der Waals surface area contributed by atoms with E-state index in [1.54, 1.807) is 6.07 Å². The summed E-state index contributed by atoms with van der Waals surface area (Å²) in [5, 5.41) is 4.36. The molecule has 3 N–H and O–H groups in total. The Balaban J connectivity index is 2.13. The van der Waals surface area contributed by atoms with Gasteiger partial charge in [-0.1, -0.05) is 12.1 Å². The third-order valence-corrected chi connectivity index (χ3v) is 4.34. The number of aryl methyl sites for hydroxylation is 2. The molecule has 0 bridgehead atoms. The van der Waals surface area contributed by atoms with E-state index in [1.807, 2.05) is 24.7 Å². The molecule has 0 fully saturated rings. The van der Waals surface area contributed by atoms with Crippen molar-refractivity contribution in [2.24, 2.45) is 12.9 Å². The Morgan fingerprint density at radius 1 is 1.45 bits per heavy atom. The fourth-order valence-electron chi connectivity index (χ4n) is 2.27. The van der Waals surface area contributed by atoms with Gasteiger partial charge in [0.15, 0.2) is 0 Å². The van der Waals surface area contributed by atoms with E-state index in [0.717, 1.165) is 21.4 Å². The fourth-order valence-corrected chi connectivity index (χ4v) is 2.77. The molecule has 0 amide bonds. The molecule has 1 unspecified atom stereocenters. The first-order valence-corrected chi connectivity index (χ1v) is 7.19. The van der Waals surface area contributed by atoms with E-state index in [4.69, 9.17) is 5.84 Å². The molecular weight excluding hydrogens is 323 g/mol. The lowest BCUT2D eigenvalue weighted by atomic mass is 10.0. The molecule has 0 spiro atoms. The van der Waals surface area contributed by atoms with E-state index < -0.39 is 0 Å². The molecule has 1 aromatic heterocycles. The zero-order valence-corrected chi connectivity index (χ0v) is 13.1. The fraction of sp³-hybridized carbons (Fsp3) is 0.357. The first-order chi connectivity index (χ1) is 9.51. The predicted octanol–water partition coefficient (Wildman–Crippen LogP) is 2.25. The van der Waals surface area contributed by atoms with Gasteiger partial charge >= 0.3 is 0 Å². The normalized spacial score (nSPS) is 12.7. The minimum Gasteiger partial charge on any atom is -0.271 e. The molecule has 0 aliphatic carbocycles. The molecule has 4 nitrogen and oxygen atoms in total. The van der Waals surface area contributed by atoms with Crippen LogP contribution in [0.3, 0.4) is 0 Å². The Kier molecular flexibility index (Phi) is 4.91. The average molecular weight is 341 g/mol. The van der Waals surface area contributed by atoms with E-state index in [0.29, 0.717) is 12.8 Å².